The molecule has 0 aromatic carbocycles. The molecule has 28 heavy (non-hydrogen) atoms. The van der Waals surface area contributed by atoms with Gasteiger partial charge in [-0.05, 0) is 26.0 Å². The summed E-state index contributed by atoms with van der Waals surface area (Å²) in [5.74, 6) is -17.0. The molecule has 0 aliphatic rings. The minimum Gasteiger partial charge on any atom is -0.354 e. The number of carbonyl (C=O) groups is 1. The van der Waals surface area contributed by atoms with Gasteiger partial charge in [0.15, 0.2) is 0 Å². The molecular weight excluding hydrogens is 380 g/mol. The van der Waals surface area contributed by atoms with Crippen molar-refractivity contribution in [1.82, 2.24) is 19.6 Å². The number of carbonyl (C=O) groups excluding carboxylic acids is 1. The van der Waals surface area contributed by atoms with Crippen LogP contribution in [0.15, 0.2) is 24.5 Å². The second-order valence-corrected chi connectivity index (χ2v) is 6.07. The molecule has 0 aliphatic heterocycles. The van der Waals surface area contributed by atoms with Crippen LogP contribution in [0, 0.1) is 13.8 Å². The maximum atomic E-state index is 12.7. The molecule has 0 amide bonds. The molecule has 0 aliphatic carbocycles. The van der Waals surface area contributed by atoms with E-state index in [1.54, 1.807) is 0 Å². The Hall–Kier alpha value is -2.23. The van der Waals surface area contributed by atoms with Crippen molar-refractivity contribution in [3.05, 3.63) is 35.9 Å². The van der Waals surface area contributed by atoms with Crippen molar-refractivity contribution in [2.45, 2.75) is 37.2 Å². The van der Waals surface area contributed by atoms with Crippen LogP contribution in [0.2, 0.25) is 0 Å². The smallest absolute Gasteiger partial charge is 0.333 e. The first-order valence-corrected chi connectivity index (χ1v) is 7.83. The lowest BCUT2D eigenvalue weighted by Crippen LogP contribution is -2.73. The van der Waals surface area contributed by atoms with Gasteiger partial charge in [0.2, 0.25) is 0 Å². The number of aromatic nitrogens is 4. The zero-order chi connectivity index (χ0) is 21.5. The molecule has 0 bridgehead atoms. The van der Waals surface area contributed by atoms with Crippen molar-refractivity contribution >= 4 is 5.78 Å². The van der Waals surface area contributed by atoms with Crippen molar-refractivity contribution in [2.24, 2.45) is 0 Å². The minimum atomic E-state index is -4.03. The molecule has 0 spiro atoms. The van der Waals surface area contributed by atoms with Gasteiger partial charge in [-0.1, -0.05) is 0 Å². The van der Waals surface area contributed by atoms with Gasteiger partial charge in [-0.15, -0.1) is 0 Å². The zero-order valence-corrected chi connectivity index (χ0v) is 15.5. The molecule has 2 unspecified atom stereocenters. The first-order valence-electron chi connectivity index (χ1n) is 7.83. The van der Waals surface area contributed by atoms with E-state index in [0.29, 0.717) is 9.36 Å². The van der Waals surface area contributed by atoms with E-state index < -0.39 is 29.2 Å². The first kappa shape index (κ1) is 22.1. The topological polar surface area (TPSA) is 193 Å². The van der Waals surface area contributed by atoms with Crippen LogP contribution in [0.25, 0.3) is 0 Å². The maximum Gasteiger partial charge on any atom is 0.333 e. The molecule has 6 N–H and O–H groups in total. The average Bonchev–Trinajstić information content (AvgIpc) is 3.27. The normalized spacial score (nSPS) is 17.2. The molecule has 0 radical (unpaired) electrons. The third kappa shape index (κ3) is 2.85. The number of ether oxygens (including phenoxy) is 2. The van der Waals surface area contributed by atoms with E-state index in [2.05, 4.69) is 19.7 Å². The fraction of sp³-hybridized carbons (Fsp3) is 0.533. The average molecular weight is 402 g/mol. The molecule has 2 atom stereocenters. The highest BCUT2D eigenvalue weighted by Crippen LogP contribution is 2.36. The van der Waals surface area contributed by atoms with Crippen molar-refractivity contribution in [3.8, 4) is 0 Å². The second-order valence-electron chi connectivity index (χ2n) is 6.07. The Balaban J connectivity index is 2.60. The third-order valence-corrected chi connectivity index (χ3v) is 4.35. The van der Waals surface area contributed by atoms with Gasteiger partial charge in [-0.25, -0.2) is 9.36 Å². The highest BCUT2D eigenvalue weighted by atomic mass is 16.7. The summed E-state index contributed by atoms with van der Waals surface area (Å²) >= 11 is 0. The highest BCUT2D eigenvalue weighted by molar-refractivity contribution is 5.92. The van der Waals surface area contributed by atoms with Crippen LogP contribution in [0.3, 0.4) is 0 Å². The van der Waals surface area contributed by atoms with Gasteiger partial charge in [0.25, 0.3) is 5.78 Å². The van der Waals surface area contributed by atoms with E-state index in [0.717, 1.165) is 26.6 Å². The summed E-state index contributed by atoms with van der Waals surface area (Å²) in [5.41, 5.74) is 0.243. The Labute approximate surface area is 158 Å². The minimum absolute atomic E-state index is 0.121. The fourth-order valence-corrected chi connectivity index (χ4v) is 2.67. The third-order valence-electron chi connectivity index (χ3n) is 4.35. The fourth-order valence-electron chi connectivity index (χ4n) is 2.67. The number of aryl methyl sites for hydroxylation is 2. The lowest BCUT2D eigenvalue weighted by Gasteiger charge is -2.43. The first-order chi connectivity index (χ1) is 12.8. The maximum absolute atomic E-state index is 12.7. The van der Waals surface area contributed by atoms with Gasteiger partial charge in [0.1, 0.15) is 0 Å². The van der Waals surface area contributed by atoms with Crippen LogP contribution in [0.1, 0.15) is 11.4 Å². The zero-order valence-electron chi connectivity index (χ0n) is 15.5. The van der Waals surface area contributed by atoms with Crippen LogP contribution in [0.4, 0.5) is 0 Å². The standard InChI is InChI=1S/C15H22N4O9/c1-9-5-7-16-18(9)14(25,27-3)12(21,22)11(20)13(23,24)15(26,28-4)19-10(2)6-8-17-19/h5-8,21-26H,1-4H3. The van der Waals surface area contributed by atoms with E-state index in [1.807, 2.05) is 0 Å². The van der Waals surface area contributed by atoms with E-state index in [-0.39, 0.29) is 11.4 Å². The number of Topliss-reactive ketones (excluding diaryl/α,β-unsaturated/α-hetero) is 1. The molecule has 13 heteroatoms. The number of hydrogen-bond acceptors (Lipinski definition) is 11. The Morgan fingerprint density at radius 2 is 1.14 bits per heavy atom. The van der Waals surface area contributed by atoms with Gasteiger partial charge in [0.05, 0.1) is 0 Å². The number of hydrogen-bond donors (Lipinski definition) is 6. The van der Waals surface area contributed by atoms with Crippen LogP contribution in [0.5, 0.6) is 0 Å². The van der Waals surface area contributed by atoms with Crippen LogP contribution >= 0.6 is 0 Å². The predicted molar refractivity (Wildman–Crippen MR) is 87.7 cm³/mol. The molecule has 2 aromatic heterocycles. The summed E-state index contributed by atoms with van der Waals surface area (Å²) in [6.07, 6.45) is 2.31. The SMILES string of the molecule is COC(O)(n1nccc1C)C(O)(O)C(=O)C(O)(O)C(O)(OC)n1nccc1C. The molecule has 2 heterocycles. The molecule has 0 fully saturated rings. The van der Waals surface area contributed by atoms with Gasteiger partial charge in [-0.2, -0.15) is 10.2 Å². The molecule has 2 aromatic rings. The molecule has 0 saturated heterocycles. The summed E-state index contributed by atoms with van der Waals surface area (Å²) in [7, 11) is 1.62. The lowest BCUT2D eigenvalue weighted by molar-refractivity contribution is -0.428. The number of ketones is 1. The molecule has 156 valence electrons. The summed E-state index contributed by atoms with van der Waals surface area (Å²) in [6.45, 7) is 2.78. The number of nitrogens with zero attached hydrogens (tertiary/aromatic N) is 4. The molecule has 13 nitrogen and oxygen atoms in total. The van der Waals surface area contributed by atoms with Crippen molar-refractivity contribution in [1.29, 1.82) is 0 Å². The Kier molecular flexibility index (Phi) is 5.50. The summed E-state index contributed by atoms with van der Waals surface area (Å²) in [6, 6.07) is 2.68. The van der Waals surface area contributed by atoms with Crippen LogP contribution in [-0.2, 0) is 26.1 Å². The van der Waals surface area contributed by atoms with Crippen molar-refractivity contribution in [2.75, 3.05) is 14.2 Å². The van der Waals surface area contributed by atoms with Crippen molar-refractivity contribution < 1.29 is 44.9 Å². The van der Waals surface area contributed by atoms with E-state index >= 15 is 0 Å². The quantitative estimate of drug-likeness (QED) is 0.244. The lowest BCUT2D eigenvalue weighted by atomic mass is 9.96. The summed E-state index contributed by atoms with van der Waals surface area (Å²) < 4.78 is 10.4. The summed E-state index contributed by atoms with van der Waals surface area (Å²) in [5, 5.41) is 70.2. The summed E-state index contributed by atoms with van der Waals surface area (Å²) in [4.78, 5) is 12.7. The number of methoxy groups -OCH3 is 2. The Morgan fingerprint density at radius 1 is 0.821 bits per heavy atom. The van der Waals surface area contributed by atoms with E-state index in [9.17, 15) is 35.4 Å². The van der Waals surface area contributed by atoms with Gasteiger partial charge >= 0.3 is 23.4 Å². The highest BCUT2D eigenvalue weighted by Gasteiger charge is 2.70. The van der Waals surface area contributed by atoms with Crippen LogP contribution in [-0.4, -0.2) is 81.8 Å². The van der Waals surface area contributed by atoms with E-state index in [1.165, 1.54) is 26.0 Å². The Bertz CT molecular complexity index is 793. The monoisotopic (exact) mass is 402 g/mol. The van der Waals surface area contributed by atoms with Gasteiger partial charge in [-0.3, -0.25) is 4.79 Å². The largest absolute Gasteiger partial charge is 0.354 e. The van der Waals surface area contributed by atoms with Gasteiger partial charge in [0, 0.05) is 38.0 Å². The van der Waals surface area contributed by atoms with Gasteiger partial charge < -0.3 is 40.1 Å². The van der Waals surface area contributed by atoms with Crippen LogP contribution < -0.4 is 0 Å². The Morgan fingerprint density at radius 3 is 1.36 bits per heavy atom. The second kappa shape index (κ2) is 6.98. The molecule has 2 rings (SSSR count). The molecular formula is C15H22N4O9. The van der Waals surface area contributed by atoms with Crippen molar-refractivity contribution in [3.63, 3.8) is 0 Å². The molecule has 0 saturated carbocycles. The number of rotatable bonds is 8. The number of aliphatic hydroxyl groups is 6. The van der Waals surface area contributed by atoms with E-state index in [4.69, 9.17) is 0 Å². The predicted octanol–water partition coefficient (Wildman–Crippen LogP) is -3.17.